The average molecular weight is 179 g/mol. The van der Waals surface area contributed by atoms with Crippen LogP contribution < -0.4 is 0 Å². The van der Waals surface area contributed by atoms with Crippen molar-refractivity contribution >= 4 is 11.6 Å². The van der Waals surface area contributed by atoms with Crippen molar-refractivity contribution in [2.45, 2.75) is 44.0 Å². The molecule has 3 heteroatoms. The molecule has 1 aliphatic carbocycles. The van der Waals surface area contributed by atoms with Gasteiger partial charge in [0.2, 0.25) is 0 Å². The molecule has 0 aromatic carbocycles. The molecule has 0 saturated heterocycles. The van der Waals surface area contributed by atoms with Crippen molar-refractivity contribution in [3.05, 3.63) is 0 Å². The molecule has 11 heavy (non-hydrogen) atoms. The van der Waals surface area contributed by atoms with Crippen LogP contribution in [0.15, 0.2) is 0 Å². The number of hydrogen-bond donors (Lipinski definition) is 0. The largest absolute Gasteiger partial charge is 0.377 e. The fourth-order valence-electron chi connectivity index (χ4n) is 1.31. The maximum atomic E-state index is 5.89. The zero-order valence-corrected chi connectivity index (χ0v) is 7.97. The second kappa shape index (κ2) is 3.74. The van der Waals surface area contributed by atoms with Gasteiger partial charge in [-0.1, -0.05) is 0 Å². The quantitative estimate of drug-likeness (QED) is 0.614. The lowest BCUT2D eigenvalue weighted by atomic mass is 9.91. The van der Waals surface area contributed by atoms with Crippen LogP contribution >= 0.6 is 11.6 Å². The summed E-state index contributed by atoms with van der Waals surface area (Å²) in [5.41, 5.74) is 0. The van der Waals surface area contributed by atoms with E-state index in [0.29, 0.717) is 0 Å². The summed E-state index contributed by atoms with van der Waals surface area (Å²) in [6.45, 7) is 4.04. The third-order valence-electron chi connectivity index (χ3n) is 1.90. The van der Waals surface area contributed by atoms with Crippen LogP contribution in [0.3, 0.4) is 0 Å². The van der Waals surface area contributed by atoms with Crippen LogP contribution in [0.1, 0.15) is 20.3 Å². The van der Waals surface area contributed by atoms with Crippen LogP contribution in [0.2, 0.25) is 0 Å². The van der Waals surface area contributed by atoms with Crippen LogP contribution in [0.25, 0.3) is 0 Å². The Morgan fingerprint density at radius 1 is 1.45 bits per heavy atom. The van der Waals surface area contributed by atoms with E-state index >= 15 is 0 Å². The maximum absolute atomic E-state index is 5.89. The van der Waals surface area contributed by atoms with Crippen LogP contribution in [-0.4, -0.2) is 30.8 Å². The summed E-state index contributed by atoms with van der Waals surface area (Å²) < 4.78 is 10.7. The van der Waals surface area contributed by atoms with E-state index in [0.717, 1.165) is 6.42 Å². The van der Waals surface area contributed by atoms with Gasteiger partial charge in [0.25, 0.3) is 0 Å². The molecule has 66 valence electrons. The lowest BCUT2D eigenvalue weighted by Gasteiger charge is -2.40. The van der Waals surface area contributed by atoms with Crippen molar-refractivity contribution in [2.75, 3.05) is 7.11 Å². The zero-order chi connectivity index (χ0) is 8.43. The number of alkyl halides is 1. The number of ether oxygens (including phenoxy) is 2. The summed E-state index contributed by atoms with van der Waals surface area (Å²) in [5, 5.41) is 0.142. The van der Waals surface area contributed by atoms with Crippen LogP contribution in [0.4, 0.5) is 0 Å². The van der Waals surface area contributed by atoms with Gasteiger partial charge in [-0.2, -0.15) is 0 Å². The fourth-order valence-corrected chi connectivity index (χ4v) is 1.75. The summed E-state index contributed by atoms with van der Waals surface area (Å²) in [6, 6.07) is 0. The highest BCUT2D eigenvalue weighted by molar-refractivity contribution is 6.21. The molecule has 0 radical (unpaired) electrons. The summed E-state index contributed by atoms with van der Waals surface area (Å²) in [6.07, 6.45) is 1.49. The van der Waals surface area contributed by atoms with E-state index in [1.54, 1.807) is 7.11 Å². The second-order valence-corrected chi connectivity index (χ2v) is 3.74. The molecule has 0 aromatic heterocycles. The number of halogens is 1. The van der Waals surface area contributed by atoms with E-state index in [4.69, 9.17) is 21.1 Å². The summed E-state index contributed by atoms with van der Waals surface area (Å²) in [4.78, 5) is 0. The standard InChI is InChI=1S/C8H15ClO2/c1-5(2)11-7-4-6(9)8(7)10-3/h5-8H,4H2,1-3H3. The van der Waals surface area contributed by atoms with Gasteiger partial charge in [-0.25, -0.2) is 0 Å². The molecule has 0 bridgehead atoms. The van der Waals surface area contributed by atoms with Gasteiger partial charge in [-0.05, 0) is 20.3 Å². The number of hydrogen-bond acceptors (Lipinski definition) is 2. The predicted molar refractivity (Wildman–Crippen MR) is 45.1 cm³/mol. The monoisotopic (exact) mass is 178 g/mol. The minimum absolute atomic E-state index is 0.0964. The third-order valence-corrected chi connectivity index (χ3v) is 2.33. The molecule has 3 atom stereocenters. The SMILES string of the molecule is COC1C(Cl)CC1OC(C)C. The first-order valence-electron chi connectivity index (χ1n) is 3.97. The molecule has 1 rings (SSSR count). The van der Waals surface area contributed by atoms with E-state index in [9.17, 15) is 0 Å². The Morgan fingerprint density at radius 2 is 2.09 bits per heavy atom. The second-order valence-electron chi connectivity index (χ2n) is 3.18. The smallest absolute Gasteiger partial charge is 0.0997 e. The van der Waals surface area contributed by atoms with Crippen molar-refractivity contribution in [3.63, 3.8) is 0 Å². The van der Waals surface area contributed by atoms with Gasteiger partial charge < -0.3 is 9.47 Å². The van der Waals surface area contributed by atoms with Crippen molar-refractivity contribution in [1.29, 1.82) is 0 Å². The van der Waals surface area contributed by atoms with Crippen LogP contribution in [0.5, 0.6) is 0 Å². The predicted octanol–water partition coefficient (Wildman–Crippen LogP) is 1.81. The lowest BCUT2D eigenvalue weighted by molar-refractivity contribution is -0.128. The highest BCUT2D eigenvalue weighted by Gasteiger charge is 2.41. The molecule has 2 nitrogen and oxygen atoms in total. The minimum atomic E-state index is 0.0964. The molecule has 0 amide bonds. The summed E-state index contributed by atoms with van der Waals surface area (Å²) >= 11 is 5.89. The Hall–Kier alpha value is 0.210. The van der Waals surface area contributed by atoms with Gasteiger partial charge in [0.1, 0.15) is 0 Å². The minimum Gasteiger partial charge on any atom is -0.377 e. The average Bonchev–Trinajstić information content (AvgIpc) is 1.86. The molecule has 1 saturated carbocycles. The van der Waals surface area contributed by atoms with Gasteiger partial charge in [0, 0.05) is 7.11 Å². The first-order chi connectivity index (χ1) is 5.15. The van der Waals surface area contributed by atoms with Crippen LogP contribution in [-0.2, 0) is 9.47 Å². The van der Waals surface area contributed by atoms with Gasteiger partial charge >= 0.3 is 0 Å². The van der Waals surface area contributed by atoms with E-state index in [-0.39, 0.29) is 23.7 Å². The first-order valence-corrected chi connectivity index (χ1v) is 4.41. The Balaban J connectivity index is 2.27. The van der Waals surface area contributed by atoms with E-state index in [1.807, 2.05) is 13.8 Å². The molecule has 0 heterocycles. The topological polar surface area (TPSA) is 18.5 Å². The van der Waals surface area contributed by atoms with Gasteiger partial charge in [-0.15, -0.1) is 11.6 Å². The van der Waals surface area contributed by atoms with Crippen molar-refractivity contribution in [1.82, 2.24) is 0 Å². The molecule has 0 spiro atoms. The van der Waals surface area contributed by atoms with E-state index < -0.39 is 0 Å². The molecule has 0 aromatic rings. The van der Waals surface area contributed by atoms with Gasteiger partial charge in [-0.3, -0.25) is 0 Å². The summed E-state index contributed by atoms with van der Waals surface area (Å²) in [7, 11) is 1.68. The lowest BCUT2D eigenvalue weighted by Crippen LogP contribution is -2.51. The molecular weight excluding hydrogens is 164 g/mol. The molecule has 0 aliphatic heterocycles. The van der Waals surface area contributed by atoms with Gasteiger partial charge in [0.15, 0.2) is 0 Å². The normalized spacial score (nSPS) is 37.4. The zero-order valence-electron chi connectivity index (χ0n) is 7.21. The molecular formula is C8H15ClO2. The highest BCUT2D eigenvalue weighted by atomic mass is 35.5. The highest BCUT2D eigenvalue weighted by Crippen LogP contribution is 2.31. The Kier molecular flexibility index (Phi) is 3.16. The van der Waals surface area contributed by atoms with E-state index in [2.05, 4.69) is 0 Å². The Labute approximate surface area is 72.8 Å². The van der Waals surface area contributed by atoms with Crippen molar-refractivity contribution in [3.8, 4) is 0 Å². The third kappa shape index (κ3) is 2.08. The van der Waals surface area contributed by atoms with E-state index in [1.165, 1.54) is 0 Å². The number of methoxy groups -OCH3 is 1. The first kappa shape index (κ1) is 9.30. The molecule has 1 fully saturated rings. The number of rotatable bonds is 3. The Bertz CT molecular complexity index is 127. The molecule has 3 unspecified atom stereocenters. The Morgan fingerprint density at radius 3 is 2.45 bits per heavy atom. The summed E-state index contributed by atoms with van der Waals surface area (Å²) in [5.74, 6) is 0. The van der Waals surface area contributed by atoms with Crippen LogP contribution in [0, 0.1) is 0 Å². The maximum Gasteiger partial charge on any atom is 0.0997 e. The van der Waals surface area contributed by atoms with Gasteiger partial charge in [0.05, 0.1) is 23.7 Å². The van der Waals surface area contributed by atoms with Crippen molar-refractivity contribution in [2.24, 2.45) is 0 Å². The molecule has 0 N–H and O–H groups in total. The molecule has 1 aliphatic rings. The fraction of sp³-hybridized carbons (Fsp3) is 1.00. The van der Waals surface area contributed by atoms with Crippen molar-refractivity contribution < 1.29 is 9.47 Å².